The molecule has 0 radical (unpaired) electrons. The fraction of sp³-hybridized carbons (Fsp3) is 0.500. The maximum absolute atomic E-state index is 13.1. The van der Waals surface area contributed by atoms with E-state index in [0.717, 1.165) is 5.56 Å². The summed E-state index contributed by atoms with van der Waals surface area (Å²) in [5, 5.41) is 2.99. The van der Waals surface area contributed by atoms with Gasteiger partial charge in [-0.3, -0.25) is 0 Å². The molecule has 0 amide bonds. The molecule has 6 heteroatoms. The second-order valence-electron chi connectivity index (χ2n) is 4.00. The molecule has 0 atom stereocenters. The number of hydrogen-bond donors (Lipinski definition) is 1. The molecule has 0 bridgehead atoms. The quantitative estimate of drug-likeness (QED) is 0.602. The minimum atomic E-state index is -4.07. The van der Waals surface area contributed by atoms with Crippen LogP contribution in [0.3, 0.4) is 0 Å². The fourth-order valence-corrected chi connectivity index (χ4v) is 1.70. The SMILES string of the molecule is Fc1cc(CNCCCCC(F)(F)F)ccc1Br. The Kier molecular flexibility index (Phi) is 6.08. The Morgan fingerprint density at radius 1 is 1.17 bits per heavy atom. The monoisotopic (exact) mass is 327 g/mol. The third-order valence-corrected chi connectivity index (χ3v) is 3.02. The highest BCUT2D eigenvalue weighted by Crippen LogP contribution is 2.21. The first-order valence-corrected chi connectivity index (χ1v) is 6.39. The zero-order chi connectivity index (χ0) is 13.6. The molecule has 0 spiro atoms. The summed E-state index contributed by atoms with van der Waals surface area (Å²) in [6.45, 7) is 0.948. The van der Waals surface area contributed by atoms with E-state index in [4.69, 9.17) is 0 Å². The first-order valence-electron chi connectivity index (χ1n) is 5.60. The van der Waals surface area contributed by atoms with E-state index in [1.165, 1.54) is 6.07 Å². The molecule has 1 N–H and O–H groups in total. The number of benzene rings is 1. The Labute approximate surface area is 112 Å². The molecule has 18 heavy (non-hydrogen) atoms. The Morgan fingerprint density at radius 2 is 1.89 bits per heavy atom. The molecule has 0 aliphatic heterocycles. The Morgan fingerprint density at radius 3 is 2.50 bits per heavy atom. The van der Waals surface area contributed by atoms with E-state index >= 15 is 0 Å². The van der Waals surface area contributed by atoms with Crippen LogP contribution in [0.15, 0.2) is 22.7 Å². The molecule has 0 aliphatic carbocycles. The third kappa shape index (κ3) is 6.35. The Bertz CT molecular complexity index is 379. The van der Waals surface area contributed by atoms with Gasteiger partial charge >= 0.3 is 6.18 Å². The van der Waals surface area contributed by atoms with Crippen LogP contribution >= 0.6 is 15.9 Å². The predicted octanol–water partition coefficient (Wildman–Crippen LogP) is 4.41. The van der Waals surface area contributed by atoms with Crippen molar-refractivity contribution in [2.24, 2.45) is 0 Å². The van der Waals surface area contributed by atoms with Crippen molar-refractivity contribution in [1.29, 1.82) is 0 Å². The molecule has 0 unspecified atom stereocenters. The van der Waals surface area contributed by atoms with Crippen molar-refractivity contribution in [2.75, 3.05) is 6.54 Å². The summed E-state index contributed by atoms with van der Waals surface area (Å²) < 4.78 is 49.1. The van der Waals surface area contributed by atoms with E-state index in [-0.39, 0.29) is 12.2 Å². The number of alkyl halides is 3. The topological polar surface area (TPSA) is 12.0 Å². The second kappa shape index (κ2) is 7.09. The van der Waals surface area contributed by atoms with Crippen LogP contribution in [0, 0.1) is 5.82 Å². The molecule has 102 valence electrons. The number of hydrogen-bond acceptors (Lipinski definition) is 1. The maximum atomic E-state index is 13.1. The second-order valence-corrected chi connectivity index (χ2v) is 4.85. The molecule has 0 heterocycles. The van der Waals surface area contributed by atoms with Crippen molar-refractivity contribution < 1.29 is 17.6 Å². The molecular weight excluding hydrogens is 314 g/mol. The first kappa shape index (κ1) is 15.4. The number of unbranched alkanes of at least 4 members (excludes halogenated alkanes) is 1. The lowest BCUT2D eigenvalue weighted by atomic mass is 10.2. The molecule has 0 aliphatic rings. The lowest BCUT2D eigenvalue weighted by Crippen LogP contribution is -2.16. The summed E-state index contributed by atoms with van der Waals surface area (Å²) in [5.74, 6) is -0.341. The lowest BCUT2D eigenvalue weighted by Gasteiger charge is -2.07. The molecule has 0 fully saturated rings. The van der Waals surface area contributed by atoms with Crippen molar-refractivity contribution >= 4 is 15.9 Å². The standard InChI is InChI=1S/C12H14BrF4N/c13-10-4-3-9(7-11(10)14)8-18-6-2-1-5-12(15,16)17/h3-4,7,18H,1-2,5-6,8H2. The van der Waals surface area contributed by atoms with Crippen molar-refractivity contribution in [3.63, 3.8) is 0 Å². The lowest BCUT2D eigenvalue weighted by molar-refractivity contribution is -0.135. The fourth-order valence-electron chi connectivity index (χ4n) is 1.46. The molecule has 1 rings (SSSR count). The summed E-state index contributed by atoms with van der Waals surface area (Å²) in [7, 11) is 0. The van der Waals surface area contributed by atoms with Crippen LogP contribution in [0.25, 0.3) is 0 Å². The third-order valence-electron chi connectivity index (χ3n) is 2.38. The van der Waals surface area contributed by atoms with Gasteiger partial charge in [0, 0.05) is 13.0 Å². The largest absolute Gasteiger partial charge is 0.389 e. The number of rotatable bonds is 6. The molecule has 0 saturated heterocycles. The summed E-state index contributed by atoms with van der Waals surface area (Å²) in [6.07, 6.45) is -4.25. The normalized spacial score (nSPS) is 11.8. The van der Waals surface area contributed by atoms with E-state index in [2.05, 4.69) is 21.2 Å². The van der Waals surface area contributed by atoms with Crippen LogP contribution in [0.5, 0.6) is 0 Å². The van der Waals surface area contributed by atoms with Crippen LogP contribution < -0.4 is 5.32 Å². The van der Waals surface area contributed by atoms with Crippen LogP contribution in [0.4, 0.5) is 17.6 Å². The van der Waals surface area contributed by atoms with Crippen molar-refractivity contribution in [2.45, 2.75) is 32.0 Å². The zero-order valence-electron chi connectivity index (χ0n) is 9.66. The molecule has 1 nitrogen and oxygen atoms in total. The van der Waals surface area contributed by atoms with E-state index in [1.54, 1.807) is 12.1 Å². The van der Waals surface area contributed by atoms with Gasteiger partial charge in [0.1, 0.15) is 5.82 Å². The van der Waals surface area contributed by atoms with E-state index in [9.17, 15) is 17.6 Å². The average molecular weight is 328 g/mol. The van der Waals surface area contributed by atoms with E-state index in [0.29, 0.717) is 24.0 Å². The summed E-state index contributed by atoms with van der Waals surface area (Å²) in [5.41, 5.74) is 0.770. The highest BCUT2D eigenvalue weighted by Gasteiger charge is 2.25. The molecule has 1 aromatic rings. The van der Waals surface area contributed by atoms with Gasteiger partial charge in [0.2, 0.25) is 0 Å². The Hall–Kier alpha value is -0.620. The predicted molar refractivity (Wildman–Crippen MR) is 65.7 cm³/mol. The minimum absolute atomic E-state index is 0.116. The summed E-state index contributed by atoms with van der Waals surface area (Å²) >= 11 is 3.05. The average Bonchev–Trinajstić information content (AvgIpc) is 2.26. The van der Waals surface area contributed by atoms with Gasteiger partial charge in [-0.15, -0.1) is 0 Å². The van der Waals surface area contributed by atoms with Gasteiger partial charge in [-0.25, -0.2) is 4.39 Å². The van der Waals surface area contributed by atoms with Gasteiger partial charge in [0.25, 0.3) is 0 Å². The highest BCUT2D eigenvalue weighted by atomic mass is 79.9. The summed E-state index contributed by atoms with van der Waals surface area (Å²) in [6, 6.07) is 4.76. The van der Waals surface area contributed by atoms with Gasteiger partial charge in [-0.05, 0) is 53.0 Å². The first-order chi connectivity index (χ1) is 8.38. The van der Waals surface area contributed by atoms with E-state index < -0.39 is 12.6 Å². The van der Waals surface area contributed by atoms with Gasteiger partial charge in [0.05, 0.1) is 4.47 Å². The maximum Gasteiger partial charge on any atom is 0.389 e. The number of nitrogens with one attached hydrogen (secondary N) is 1. The number of halogens is 5. The van der Waals surface area contributed by atoms with Crippen LogP contribution in [0.2, 0.25) is 0 Å². The van der Waals surface area contributed by atoms with Crippen molar-refractivity contribution in [3.8, 4) is 0 Å². The molecule has 0 aromatic heterocycles. The van der Waals surface area contributed by atoms with Gasteiger partial charge < -0.3 is 5.32 Å². The zero-order valence-corrected chi connectivity index (χ0v) is 11.2. The molecular formula is C12H14BrF4N. The highest BCUT2D eigenvalue weighted by molar-refractivity contribution is 9.10. The Balaban J connectivity index is 2.16. The van der Waals surface area contributed by atoms with Gasteiger partial charge in [-0.1, -0.05) is 6.07 Å². The van der Waals surface area contributed by atoms with Crippen molar-refractivity contribution in [1.82, 2.24) is 5.32 Å². The summed E-state index contributed by atoms with van der Waals surface area (Å²) in [4.78, 5) is 0. The minimum Gasteiger partial charge on any atom is -0.313 e. The molecule has 1 aromatic carbocycles. The van der Waals surface area contributed by atoms with Gasteiger partial charge in [-0.2, -0.15) is 13.2 Å². The van der Waals surface area contributed by atoms with Gasteiger partial charge in [0.15, 0.2) is 0 Å². The smallest absolute Gasteiger partial charge is 0.313 e. The molecule has 0 saturated carbocycles. The van der Waals surface area contributed by atoms with Crippen LogP contribution in [0.1, 0.15) is 24.8 Å². The van der Waals surface area contributed by atoms with Crippen LogP contribution in [-0.4, -0.2) is 12.7 Å². The van der Waals surface area contributed by atoms with Crippen LogP contribution in [-0.2, 0) is 6.54 Å². The van der Waals surface area contributed by atoms with E-state index in [1.807, 2.05) is 0 Å². The van der Waals surface area contributed by atoms with Crippen molar-refractivity contribution in [3.05, 3.63) is 34.1 Å².